The van der Waals surface area contributed by atoms with Crippen molar-refractivity contribution in [2.45, 2.75) is 57.5 Å². The van der Waals surface area contributed by atoms with Crippen LogP contribution in [0.15, 0.2) is 60.7 Å². The number of fused-ring (bicyclic) bond motifs is 1. The normalized spacial score (nSPS) is 15.4. The van der Waals surface area contributed by atoms with E-state index in [2.05, 4.69) is 18.2 Å². The maximum absolute atomic E-state index is 13.2. The summed E-state index contributed by atoms with van der Waals surface area (Å²) in [6.45, 7) is 0. The van der Waals surface area contributed by atoms with E-state index < -0.39 is 5.97 Å². The summed E-state index contributed by atoms with van der Waals surface area (Å²) in [6, 6.07) is 18.3. The zero-order valence-corrected chi connectivity index (χ0v) is 18.2. The Balaban J connectivity index is 1.34. The molecule has 0 spiro atoms. The summed E-state index contributed by atoms with van der Waals surface area (Å²) in [5.74, 6) is -1.20. The molecule has 3 aromatic carbocycles. The van der Waals surface area contributed by atoms with Crippen molar-refractivity contribution in [3.8, 4) is 11.1 Å². The third-order valence-electron chi connectivity index (χ3n) is 6.40. The summed E-state index contributed by atoms with van der Waals surface area (Å²) in [5.41, 5.74) is 6.93. The SMILES string of the molecule is O=C(O)c1ccc(-c2ccc(F)cc2)cc1CCCCCc1ccc2c(c1)CCC(O)C2. The third kappa shape index (κ3) is 5.43. The molecule has 0 saturated heterocycles. The number of carboxylic acids is 1. The van der Waals surface area contributed by atoms with E-state index in [-0.39, 0.29) is 11.9 Å². The minimum Gasteiger partial charge on any atom is -0.478 e. The van der Waals surface area contributed by atoms with E-state index in [0.29, 0.717) is 12.0 Å². The molecule has 1 unspecified atom stereocenters. The van der Waals surface area contributed by atoms with Crippen LogP contribution >= 0.6 is 0 Å². The lowest BCUT2D eigenvalue weighted by molar-refractivity contribution is 0.0695. The Kier molecular flexibility index (Phi) is 7.01. The van der Waals surface area contributed by atoms with Gasteiger partial charge in [-0.2, -0.15) is 0 Å². The molecule has 0 radical (unpaired) electrons. The number of unbranched alkanes of at least 4 members (excludes halogenated alkanes) is 2. The predicted octanol–water partition coefficient (Wildman–Crippen LogP) is 6.00. The Bertz CT molecular complexity index is 1090. The van der Waals surface area contributed by atoms with E-state index in [1.807, 2.05) is 6.07 Å². The zero-order valence-electron chi connectivity index (χ0n) is 18.2. The molecule has 1 aliphatic carbocycles. The first-order valence-corrected chi connectivity index (χ1v) is 11.4. The fourth-order valence-corrected chi connectivity index (χ4v) is 4.60. The van der Waals surface area contributed by atoms with Crippen LogP contribution in [-0.2, 0) is 25.7 Å². The lowest BCUT2D eigenvalue weighted by Gasteiger charge is -2.21. The fourth-order valence-electron chi connectivity index (χ4n) is 4.60. The summed E-state index contributed by atoms with van der Waals surface area (Å²) in [5, 5.41) is 19.4. The smallest absolute Gasteiger partial charge is 0.335 e. The number of aryl methyl sites for hydroxylation is 3. The van der Waals surface area contributed by atoms with Crippen molar-refractivity contribution < 1.29 is 19.4 Å². The van der Waals surface area contributed by atoms with Crippen LogP contribution in [0.5, 0.6) is 0 Å². The van der Waals surface area contributed by atoms with Gasteiger partial charge in [-0.25, -0.2) is 9.18 Å². The van der Waals surface area contributed by atoms with E-state index in [1.165, 1.54) is 28.8 Å². The quantitative estimate of drug-likeness (QED) is 0.430. The number of aliphatic hydroxyl groups is 1. The topological polar surface area (TPSA) is 57.5 Å². The lowest BCUT2D eigenvalue weighted by Crippen LogP contribution is -2.18. The highest BCUT2D eigenvalue weighted by atomic mass is 19.1. The number of hydrogen-bond acceptors (Lipinski definition) is 2. The molecule has 4 rings (SSSR count). The molecule has 0 fully saturated rings. The summed E-state index contributed by atoms with van der Waals surface area (Å²) < 4.78 is 13.2. The number of hydrogen-bond donors (Lipinski definition) is 2. The summed E-state index contributed by atoms with van der Waals surface area (Å²) in [6.07, 6.45) is 7.08. The van der Waals surface area contributed by atoms with Gasteiger partial charge in [-0.1, -0.05) is 48.9 Å². The standard InChI is InChI=1S/C28H29FO3/c29-25-12-8-20(9-13-25)22-11-15-27(28(31)32)24(17-22)5-3-1-2-4-19-6-7-23-18-26(30)14-10-21(23)16-19/h6-9,11-13,15-17,26,30H,1-5,10,14,18H2,(H,31,32). The summed E-state index contributed by atoms with van der Waals surface area (Å²) in [7, 11) is 0. The summed E-state index contributed by atoms with van der Waals surface area (Å²) >= 11 is 0. The second-order valence-corrected chi connectivity index (χ2v) is 8.74. The molecule has 0 aliphatic heterocycles. The van der Waals surface area contributed by atoms with Crippen molar-refractivity contribution in [2.75, 3.05) is 0 Å². The minimum absolute atomic E-state index is 0.203. The Morgan fingerprint density at radius 2 is 1.62 bits per heavy atom. The number of aliphatic hydroxyl groups excluding tert-OH is 1. The Morgan fingerprint density at radius 3 is 2.41 bits per heavy atom. The Morgan fingerprint density at radius 1 is 0.875 bits per heavy atom. The fraction of sp³-hybridized carbons (Fsp3) is 0.321. The molecule has 3 nitrogen and oxygen atoms in total. The first kappa shape index (κ1) is 22.2. The van der Waals surface area contributed by atoms with Gasteiger partial charge in [-0.3, -0.25) is 0 Å². The van der Waals surface area contributed by atoms with Crippen molar-refractivity contribution in [2.24, 2.45) is 0 Å². The average molecular weight is 433 g/mol. The van der Waals surface area contributed by atoms with Crippen molar-refractivity contribution in [1.82, 2.24) is 0 Å². The van der Waals surface area contributed by atoms with Crippen LogP contribution in [0.4, 0.5) is 4.39 Å². The van der Waals surface area contributed by atoms with Crippen LogP contribution in [0.2, 0.25) is 0 Å². The van der Waals surface area contributed by atoms with Gasteiger partial charge in [0.2, 0.25) is 0 Å². The van der Waals surface area contributed by atoms with E-state index >= 15 is 0 Å². The zero-order chi connectivity index (χ0) is 22.5. The van der Waals surface area contributed by atoms with Crippen LogP contribution < -0.4 is 0 Å². The van der Waals surface area contributed by atoms with Gasteiger partial charge in [0.25, 0.3) is 0 Å². The van der Waals surface area contributed by atoms with Crippen molar-refractivity contribution >= 4 is 5.97 Å². The van der Waals surface area contributed by atoms with E-state index in [4.69, 9.17) is 0 Å². The maximum atomic E-state index is 13.2. The van der Waals surface area contributed by atoms with Gasteiger partial charge in [0.05, 0.1) is 11.7 Å². The molecular formula is C28H29FO3. The highest BCUT2D eigenvalue weighted by molar-refractivity contribution is 5.90. The van der Waals surface area contributed by atoms with Crippen molar-refractivity contribution in [3.63, 3.8) is 0 Å². The van der Waals surface area contributed by atoms with Gasteiger partial charge in [0.1, 0.15) is 5.82 Å². The van der Waals surface area contributed by atoms with E-state index in [0.717, 1.165) is 61.6 Å². The molecule has 0 amide bonds. The number of halogens is 1. The molecule has 4 heteroatoms. The molecular weight excluding hydrogens is 403 g/mol. The minimum atomic E-state index is -0.912. The van der Waals surface area contributed by atoms with Crippen LogP contribution in [0.25, 0.3) is 11.1 Å². The van der Waals surface area contributed by atoms with E-state index in [9.17, 15) is 19.4 Å². The number of carbonyl (C=O) groups is 1. The average Bonchev–Trinajstić information content (AvgIpc) is 2.79. The predicted molar refractivity (Wildman–Crippen MR) is 125 cm³/mol. The summed E-state index contributed by atoms with van der Waals surface area (Å²) in [4.78, 5) is 11.7. The van der Waals surface area contributed by atoms with Crippen molar-refractivity contribution in [1.29, 1.82) is 0 Å². The van der Waals surface area contributed by atoms with Gasteiger partial charge in [0.15, 0.2) is 0 Å². The molecule has 32 heavy (non-hydrogen) atoms. The number of aromatic carboxylic acids is 1. The molecule has 0 bridgehead atoms. The molecule has 0 heterocycles. The molecule has 0 saturated carbocycles. The number of benzene rings is 3. The van der Waals surface area contributed by atoms with Gasteiger partial charge >= 0.3 is 5.97 Å². The van der Waals surface area contributed by atoms with Gasteiger partial charge in [-0.15, -0.1) is 0 Å². The number of carboxylic acid groups (broad SMARTS) is 1. The van der Waals surface area contributed by atoms with E-state index in [1.54, 1.807) is 24.3 Å². The third-order valence-corrected chi connectivity index (χ3v) is 6.40. The van der Waals surface area contributed by atoms with Crippen LogP contribution in [0.1, 0.15) is 58.3 Å². The highest BCUT2D eigenvalue weighted by Gasteiger charge is 2.16. The largest absolute Gasteiger partial charge is 0.478 e. The highest BCUT2D eigenvalue weighted by Crippen LogP contribution is 2.26. The maximum Gasteiger partial charge on any atom is 0.335 e. The first-order valence-electron chi connectivity index (χ1n) is 11.4. The van der Waals surface area contributed by atoms with Crippen LogP contribution in [0.3, 0.4) is 0 Å². The second-order valence-electron chi connectivity index (χ2n) is 8.74. The molecule has 0 aromatic heterocycles. The van der Waals surface area contributed by atoms with Gasteiger partial charge in [-0.05, 0) is 96.5 Å². The molecule has 1 aliphatic rings. The van der Waals surface area contributed by atoms with Crippen LogP contribution in [0, 0.1) is 5.82 Å². The van der Waals surface area contributed by atoms with Gasteiger partial charge in [0, 0.05) is 0 Å². The van der Waals surface area contributed by atoms with Crippen LogP contribution in [-0.4, -0.2) is 22.3 Å². The van der Waals surface area contributed by atoms with Gasteiger partial charge < -0.3 is 10.2 Å². The Labute approximate surface area is 188 Å². The monoisotopic (exact) mass is 432 g/mol. The molecule has 3 aromatic rings. The Hall–Kier alpha value is -2.98. The molecule has 166 valence electrons. The molecule has 1 atom stereocenters. The molecule has 2 N–H and O–H groups in total. The number of rotatable bonds is 8. The first-order chi connectivity index (χ1) is 15.5. The second kappa shape index (κ2) is 10.1. The van der Waals surface area contributed by atoms with Crippen molar-refractivity contribution in [3.05, 3.63) is 94.3 Å². The lowest BCUT2D eigenvalue weighted by atomic mass is 9.88.